The topological polar surface area (TPSA) is 91.5 Å². The van der Waals surface area contributed by atoms with Crippen LogP contribution < -0.4 is 11.1 Å². The van der Waals surface area contributed by atoms with Gasteiger partial charge in [0.25, 0.3) is 0 Å². The van der Waals surface area contributed by atoms with Crippen molar-refractivity contribution >= 4 is 17.5 Å². The molecule has 1 aliphatic heterocycles. The zero-order chi connectivity index (χ0) is 14.5. The molecule has 1 aliphatic rings. The Labute approximate surface area is 119 Å². The first-order chi connectivity index (χ1) is 9.58. The van der Waals surface area contributed by atoms with Crippen molar-refractivity contribution in [2.45, 2.75) is 32.2 Å². The molecule has 110 valence electrons. The van der Waals surface area contributed by atoms with E-state index in [1.54, 1.807) is 0 Å². The van der Waals surface area contributed by atoms with E-state index in [2.05, 4.69) is 22.1 Å². The number of pyridine rings is 1. The number of nitrogen functional groups attached to an aromatic ring is 1. The van der Waals surface area contributed by atoms with Crippen molar-refractivity contribution < 1.29 is 9.90 Å². The van der Waals surface area contributed by atoms with Gasteiger partial charge in [0.2, 0.25) is 0 Å². The Morgan fingerprint density at radius 1 is 1.50 bits per heavy atom. The van der Waals surface area contributed by atoms with Gasteiger partial charge in [-0.15, -0.1) is 0 Å². The molecule has 6 nitrogen and oxygen atoms in total. The van der Waals surface area contributed by atoms with Crippen LogP contribution in [0.15, 0.2) is 12.3 Å². The second-order valence-corrected chi connectivity index (χ2v) is 5.29. The Kier molecular flexibility index (Phi) is 4.79. The van der Waals surface area contributed by atoms with Crippen molar-refractivity contribution in [1.82, 2.24) is 9.88 Å². The van der Waals surface area contributed by atoms with Crippen molar-refractivity contribution in [2.75, 3.05) is 30.7 Å². The van der Waals surface area contributed by atoms with Crippen molar-refractivity contribution in [1.29, 1.82) is 0 Å². The number of carboxylic acid groups (broad SMARTS) is 1. The van der Waals surface area contributed by atoms with E-state index in [9.17, 15) is 4.79 Å². The van der Waals surface area contributed by atoms with Crippen molar-refractivity contribution in [3.8, 4) is 0 Å². The van der Waals surface area contributed by atoms with Gasteiger partial charge in [-0.25, -0.2) is 9.78 Å². The number of carbonyl (C=O) groups is 1. The Balaban J connectivity index is 1.93. The number of hydrogen-bond donors (Lipinski definition) is 3. The molecular weight excluding hydrogens is 256 g/mol. The van der Waals surface area contributed by atoms with Gasteiger partial charge in [0, 0.05) is 12.6 Å². The Morgan fingerprint density at radius 3 is 2.85 bits per heavy atom. The highest BCUT2D eigenvalue weighted by Gasteiger charge is 2.17. The molecule has 0 aromatic carbocycles. The number of aromatic nitrogens is 1. The molecule has 1 fully saturated rings. The van der Waals surface area contributed by atoms with Crippen LogP contribution >= 0.6 is 0 Å². The molecule has 20 heavy (non-hydrogen) atoms. The summed E-state index contributed by atoms with van der Waals surface area (Å²) in [5, 5.41) is 12.2. The summed E-state index contributed by atoms with van der Waals surface area (Å²) in [6.07, 6.45) is 5.22. The minimum absolute atomic E-state index is 0.0909. The maximum absolute atomic E-state index is 11.0. The van der Waals surface area contributed by atoms with Gasteiger partial charge in [0.05, 0.1) is 17.4 Å². The third-order valence-corrected chi connectivity index (χ3v) is 3.76. The molecule has 4 N–H and O–H groups in total. The van der Waals surface area contributed by atoms with E-state index in [0.29, 0.717) is 11.9 Å². The minimum atomic E-state index is -1.03. The maximum Gasteiger partial charge on any atom is 0.337 e. The molecule has 0 amide bonds. The monoisotopic (exact) mass is 278 g/mol. The molecular formula is C14H22N4O2. The lowest BCUT2D eigenvalue weighted by Gasteiger charge is -2.32. The van der Waals surface area contributed by atoms with Crippen molar-refractivity contribution in [3.63, 3.8) is 0 Å². The molecule has 0 spiro atoms. The summed E-state index contributed by atoms with van der Waals surface area (Å²) < 4.78 is 0. The van der Waals surface area contributed by atoms with E-state index < -0.39 is 5.97 Å². The van der Waals surface area contributed by atoms with Gasteiger partial charge in [0.15, 0.2) is 0 Å². The average molecular weight is 278 g/mol. The van der Waals surface area contributed by atoms with Crippen LogP contribution in [0.5, 0.6) is 0 Å². The summed E-state index contributed by atoms with van der Waals surface area (Å²) in [4.78, 5) is 17.6. The highest BCUT2D eigenvalue weighted by Crippen LogP contribution is 2.16. The first-order valence-electron chi connectivity index (χ1n) is 7.04. The number of nitrogens with two attached hydrogens (primary N) is 1. The van der Waals surface area contributed by atoms with Gasteiger partial charge >= 0.3 is 5.97 Å². The summed E-state index contributed by atoms with van der Waals surface area (Å²) >= 11 is 0. The van der Waals surface area contributed by atoms with E-state index in [1.165, 1.54) is 31.5 Å². The molecule has 6 heteroatoms. The van der Waals surface area contributed by atoms with E-state index in [-0.39, 0.29) is 11.3 Å². The highest BCUT2D eigenvalue weighted by atomic mass is 16.4. The number of piperidine rings is 1. The van der Waals surface area contributed by atoms with Crippen LogP contribution in [0.2, 0.25) is 0 Å². The predicted molar refractivity (Wildman–Crippen MR) is 79.0 cm³/mol. The molecule has 1 aromatic heterocycles. The summed E-state index contributed by atoms with van der Waals surface area (Å²) in [5.41, 5.74) is 5.86. The second-order valence-electron chi connectivity index (χ2n) is 5.29. The lowest BCUT2D eigenvalue weighted by atomic mass is 10.1. The quantitative estimate of drug-likeness (QED) is 0.758. The van der Waals surface area contributed by atoms with E-state index in [0.717, 1.165) is 19.6 Å². The number of anilines is 2. The van der Waals surface area contributed by atoms with Crippen LogP contribution in [0.4, 0.5) is 11.5 Å². The van der Waals surface area contributed by atoms with Gasteiger partial charge in [-0.1, -0.05) is 6.42 Å². The Morgan fingerprint density at radius 2 is 2.20 bits per heavy atom. The van der Waals surface area contributed by atoms with Gasteiger partial charge in [-0.05, 0) is 38.9 Å². The van der Waals surface area contributed by atoms with Crippen LogP contribution in [0, 0.1) is 0 Å². The van der Waals surface area contributed by atoms with Gasteiger partial charge in [-0.3, -0.25) is 4.90 Å². The zero-order valence-corrected chi connectivity index (χ0v) is 11.8. The summed E-state index contributed by atoms with van der Waals surface area (Å²) in [6.45, 7) is 5.19. The molecule has 0 radical (unpaired) electrons. The molecule has 2 heterocycles. The van der Waals surface area contributed by atoms with E-state index in [4.69, 9.17) is 10.8 Å². The average Bonchev–Trinajstić information content (AvgIpc) is 2.46. The molecule has 1 atom stereocenters. The molecule has 0 aliphatic carbocycles. The summed E-state index contributed by atoms with van der Waals surface area (Å²) in [5.74, 6) is -0.475. The second kappa shape index (κ2) is 6.56. The molecule has 1 unspecified atom stereocenters. The number of hydrogen-bond acceptors (Lipinski definition) is 5. The van der Waals surface area contributed by atoms with Crippen LogP contribution in [0.25, 0.3) is 0 Å². The third kappa shape index (κ3) is 3.60. The zero-order valence-electron chi connectivity index (χ0n) is 11.8. The fourth-order valence-corrected chi connectivity index (χ4v) is 2.49. The van der Waals surface area contributed by atoms with E-state index in [1.807, 2.05) is 0 Å². The first-order valence-corrected chi connectivity index (χ1v) is 7.04. The summed E-state index contributed by atoms with van der Waals surface area (Å²) in [6, 6.07) is 1.89. The predicted octanol–water partition coefficient (Wildman–Crippen LogP) is 1.65. The van der Waals surface area contributed by atoms with Crippen LogP contribution in [-0.2, 0) is 0 Å². The standard InChI is InChI=1S/C14H22N4O2/c1-10(18-5-3-2-4-6-18)8-16-13-7-11(14(19)20)12(15)9-17-13/h7,9-10H,2-6,8,15H2,1H3,(H,16,17)(H,19,20). The van der Waals surface area contributed by atoms with Crippen LogP contribution in [0.3, 0.4) is 0 Å². The Bertz CT molecular complexity index is 472. The molecule has 0 saturated carbocycles. The SMILES string of the molecule is CC(CNc1cc(C(=O)O)c(N)cn1)N1CCCCC1. The Hall–Kier alpha value is -1.82. The number of carboxylic acids is 1. The highest BCUT2D eigenvalue weighted by molar-refractivity contribution is 5.94. The normalized spacial score (nSPS) is 17.6. The molecule has 0 bridgehead atoms. The lowest BCUT2D eigenvalue weighted by molar-refractivity contribution is 0.0698. The minimum Gasteiger partial charge on any atom is -0.478 e. The number of aromatic carboxylic acids is 1. The first kappa shape index (κ1) is 14.6. The molecule has 2 rings (SSSR count). The number of nitrogens with zero attached hydrogens (tertiary/aromatic N) is 2. The fourth-order valence-electron chi connectivity index (χ4n) is 2.49. The van der Waals surface area contributed by atoms with E-state index >= 15 is 0 Å². The van der Waals surface area contributed by atoms with Crippen molar-refractivity contribution in [2.24, 2.45) is 0 Å². The smallest absolute Gasteiger partial charge is 0.337 e. The molecule has 1 saturated heterocycles. The number of nitrogens with one attached hydrogen (secondary N) is 1. The van der Waals surface area contributed by atoms with Crippen LogP contribution in [-0.4, -0.2) is 46.6 Å². The third-order valence-electron chi connectivity index (χ3n) is 3.76. The lowest BCUT2D eigenvalue weighted by Crippen LogP contribution is -2.41. The van der Waals surface area contributed by atoms with Crippen molar-refractivity contribution in [3.05, 3.63) is 17.8 Å². The van der Waals surface area contributed by atoms with Gasteiger partial charge < -0.3 is 16.2 Å². The summed E-state index contributed by atoms with van der Waals surface area (Å²) in [7, 11) is 0. The number of rotatable bonds is 5. The van der Waals surface area contributed by atoms with Crippen LogP contribution in [0.1, 0.15) is 36.5 Å². The number of likely N-dealkylation sites (tertiary alicyclic amines) is 1. The largest absolute Gasteiger partial charge is 0.478 e. The van der Waals surface area contributed by atoms with Gasteiger partial charge in [-0.2, -0.15) is 0 Å². The fraction of sp³-hybridized carbons (Fsp3) is 0.571. The molecule has 1 aromatic rings. The van der Waals surface area contributed by atoms with Gasteiger partial charge in [0.1, 0.15) is 5.82 Å². The maximum atomic E-state index is 11.0.